The highest BCUT2D eigenvalue weighted by molar-refractivity contribution is 6.42. The Hall–Kier alpha value is -0.560. The summed E-state index contributed by atoms with van der Waals surface area (Å²) in [7, 11) is 0. The van der Waals surface area contributed by atoms with Crippen molar-refractivity contribution in [2.24, 2.45) is 11.5 Å². The molecule has 0 amide bonds. The molecule has 0 aromatic heterocycles. The van der Waals surface area contributed by atoms with E-state index in [4.69, 9.17) is 57.9 Å². The summed E-state index contributed by atoms with van der Waals surface area (Å²) >= 11 is 23.7. The van der Waals surface area contributed by atoms with Gasteiger partial charge in [-0.1, -0.05) is 58.5 Å². The van der Waals surface area contributed by atoms with E-state index in [0.717, 1.165) is 65.0 Å². The average Bonchev–Trinajstić information content (AvgIpc) is 2.77. The Morgan fingerprint density at radius 3 is 1.25 bits per heavy atom. The summed E-state index contributed by atoms with van der Waals surface area (Å²) in [5.41, 5.74) is 14.2. The summed E-state index contributed by atoms with van der Waals surface area (Å²) in [6.07, 6.45) is 4.34. The first kappa shape index (κ1) is 26.1. The molecule has 2 heterocycles. The number of likely N-dealkylation sites (tertiary alicyclic amines) is 2. The number of nitrogens with zero attached hydrogens (tertiary/aromatic N) is 2. The zero-order valence-electron chi connectivity index (χ0n) is 18.3. The molecule has 0 bridgehead atoms. The molecule has 4 rings (SSSR count). The fourth-order valence-electron chi connectivity index (χ4n) is 4.01. The third-order valence-electron chi connectivity index (χ3n) is 6.04. The van der Waals surface area contributed by atoms with Gasteiger partial charge < -0.3 is 11.5 Å². The van der Waals surface area contributed by atoms with Gasteiger partial charge in [0, 0.05) is 25.2 Å². The molecule has 0 atom stereocenters. The van der Waals surface area contributed by atoms with E-state index < -0.39 is 0 Å². The molecule has 0 radical (unpaired) electrons. The van der Waals surface area contributed by atoms with Crippen LogP contribution in [0.25, 0.3) is 0 Å². The number of rotatable bonds is 4. The van der Waals surface area contributed by atoms with E-state index in [1.807, 2.05) is 36.4 Å². The van der Waals surface area contributed by atoms with Crippen molar-refractivity contribution in [3.8, 4) is 0 Å². The summed E-state index contributed by atoms with van der Waals surface area (Å²) in [5.74, 6) is 0. The van der Waals surface area contributed by atoms with E-state index in [-0.39, 0.29) is 0 Å². The van der Waals surface area contributed by atoms with Crippen molar-refractivity contribution in [2.45, 2.75) is 50.9 Å². The number of hydrogen-bond acceptors (Lipinski definition) is 4. The monoisotopic (exact) mass is 516 g/mol. The third kappa shape index (κ3) is 8.34. The van der Waals surface area contributed by atoms with Crippen molar-refractivity contribution in [3.63, 3.8) is 0 Å². The normalized spacial score (nSPS) is 18.9. The molecule has 2 fully saturated rings. The van der Waals surface area contributed by atoms with Crippen LogP contribution in [-0.2, 0) is 13.1 Å². The summed E-state index contributed by atoms with van der Waals surface area (Å²) < 4.78 is 0. The van der Waals surface area contributed by atoms with Crippen LogP contribution in [0.15, 0.2) is 36.4 Å². The van der Waals surface area contributed by atoms with Gasteiger partial charge in [-0.05, 0) is 87.3 Å². The van der Waals surface area contributed by atoms with Crippen LogP contribution in [0.5, 0.6) is 0 Å². The van der Waals surface area contributed by atoms with E-state index in [1.54, 1.807) is 0 Å². The number of benzene rings is 2. The lowest BCUT2D eigenvalue weighted by Gasteiger charge is -2.30. The van der Waals surface area contributed by atoms with Gasteiger partial charge in [0.2, 0.25) is 0 Å². The van der Waals surface area contributed by atoms with Gasteiger partial charge in [-0.2, -0.15) is 0 Å². The van der Waals surface area contributed by atoms with Gasteiger partial charge in [-0.25, -0.2) is 0 Å². The molecule has 0 saturated carbocycles. The van der Waals surface area contributed by atoms with E-state index >= 15 is 0 Å². The van der Waals surface area contributed by atoms with Crippen LogP contribution in [0, 0.1) is 0 Å². The van der Waals surface area contributed by atoms with E-state index in [2.05, 4.69) is 9.80 Å². The lowest BCUT2D eigenvalue weighted by molar-refractivity contribution is 0.205. The van der Waals surface area contributed by atoms with Crippen molar-refractivity contribution in [2.75, 3.05) is 26.2 Å². The van der Waals surface area contributed by atoms with E-state index in [9.17, 15) is 0 Å². The number of hydrogen-bond donors (Lipinski definition) is 2. The minimum absolute atomic E-state index is 0.380. The molecule has 4 N–H and O–H groups in total. The minimum atomic E-state index is 0.380. The van der Waals surface area contributed by atoms with Crippen molar-refractivity contribution in [1.82, 2.24) is 9.80 Å². The predicted molar refractivity (Wildman–Crippen MR) is 138 cm³/mol. The van der Waals surface area contributed by atoms with Crippen LogP contribution in [0.1, 0.15) is 36.8 Å². The molecule has 2 aliphatic rings. The molecule has 0 spiro atoms. The fourth-order valence-corrected chi connectivity index (χ4v) is 4.66. The second-order valence-electron chi connectivity index (χ2n) is 8.72. The average molecular weight is 518 g/mol. The van der Waals surface area contributed by atoms with Gasteiger partial charge in [0.1, 0.15) is 0 Å². The van der Waals surface area contributed by atoms with Crippen LogP contribution < -0.4 is 11.5 Å². The first-order valence-corrected chi connectivity index (χ1v) is 12.6. The molecule has 32 heavy (non-hydrogen) atoms. The highest BCUT2D eigenvalue weighted by atomic mass is 35.5. The van der Waals surface area contributed by atoms with E-state index in [1.165, 1.54) is 11.1 Å². The standard InChI is InChI=1S/2C12H16Cl2N2/c2*13-11-2-1-9(7-12(11)14)8-16-5-3-10(15)4-6-16/h2*1-2,7,10H,3-6,8,15H2. The zero-order valence-corrected chi connectivity index (χ0v) is 21.3. The second kappa shape index (κ2) is 12.8. The molecule has 4 nitrogen and oxygen atoms in total. The molecular weight excluding hydrogens is 486 g/mol. The zero-order chi connectivity index (χ0) is 23.1. The van der Waals surface area contributed by atoms with Crippen molar-refractivity contribution in [1.29, 1.82) is 0 Å². The molecule has 2 aromatic carbocycles. The molecule has 0 aliphatic carbocycles. The quantitative estimate of drug-likeness (QED) is 0.535. The molecule has 2 aliphatic heterocycles. The lowest BCUT2D eigenvalue weighted by Crippen LogP contribution is -2.39. The molecule has 2 aromatic rings. The van der Waals surface area contributed by atoms with Crippen molar-refractivity contribution >= 4 is 46.4 Å². The van der Waals surface area contributed by atoms with E-state index in [0.29, 0.717) is 32.2 Å². The SMILES string of the molecule is NC1CCN(Cc2ccc(Cl)c(Cl)c2)CC1.NC1CCN(Cc2ccc(Cl)c(Cl)c2)CC1. The summed E-state index contributed by atoms with van der Waals surface area (Å²) in [6, 6.07) is 12.4. The Morgan fingerprint density at radius 1 is 0.594 bits per heavy atom. The maximum Gasteiger partial charge on any atom is 0.0595 e. The van der Waals surface area contributed by atoms with Gasteiger partial charge in [0.05, 0.1) is 20.1 Å². The highest BCUT2D eigenvalue weighted by Gasteiger charge is 2.17. The Morgan fingerprint density at radius 2 is 0.938 bits per heavy atom. The third-order valence-corrected chi connectivity index (χ3v) is 7.52. The van der Waals surface area contributed by atoms with Crippen LogP contribution in [-0.4, -0.2) is 48.1 Å². The fraction of sp³-hybridized carbons (Fsp3) is 0.500. The molecule has 176 valence electrons. The molecule has 2 saturated heterocycles. The summed E-state index contributed by atoms with van der Waals surface area (Å²) in [4.78, 5) is 4.81. The molecule has 0 unspecified atom stereocenters. The highest BCUT2D eigenvalue weighted by Crippen LogP contribution is 2.25. The predicted octanol–water partition coefficient (Wildman–Crippen LogP) is 5.83. The number of piperidine rings is 2. The minimum Gasteiger partial charge on any atom is -0.328 e. The Bertz CT molecular complexity index is 792. The van der Waals surface area contributed by atoms with Gasteiger partial charge in [-0.3, -0.25) is 9.80 Å². The van der Waals surface area contributed by atoms with Gasteiger partial charge in [-0.15, -0.1) is 0 Å². The first-order valence-electron chi connectivity index (χ1n) is 11.1. The van der Waals surface area contributed by atoms with Crippen LogP contribution in [0.2, 0.25) is 20.1 Å². The van der Waals surface area contributed by atoms with Crippen LogP contribution in [0.4, 0.5) is 0 Å². The number of halogens is 4. The van der Waals surface area contributed by atoms with Crippen LogP contribution in [0.3, 0.4) is 0 Å². The van der Waals surface area contributed by atoms with Crippen LogP contribution >= 0.6 is 46.4 Å². The summed E-state index contributed by atoms with van der Waals surface area (Å²) in [5, 5.41) is 2.50. The smallest absolute Gasteiger partial charge is 0.0595 e. The van der Waals surface area contributed by atoms with Crippen molar-refractivity contribution in [3.05, 3.63) is 67.6 Å². The van der Waals surface area contributed by atoms with Gasteiger partial charge in [0.15, 0.2) is 0 Å². The Balaban J connectivity index is 0.000000181. The van der Waals surface area contributed by atoms with Crippen molar-refractivity contribution < 1.29 is 0 Å². The Labute approximate surface area is 211 Å². The van der Waals surface area contributed by atoms with Gasteiger partial charge >= 0.3 is 0 Å². The van der Waals surface area contributed by atoms with Gasteiger partial charge in [0.25, 0.3) is 0 Å². The maximum absolute atomic E-state index is 5.98. The molecule has 8 heteroatoms. The number of nitrogens with two attached hydrogens (primary N) is 2. The largest absolute Gasteiger partial charge is 0.328 e. The molecular formula is C24H32Cl4N4. The maximum atomic E-state index is 5.98. The lowest BCUT2D eigenvalue weighted by atomic mass is 10.1. The topological polar surface area (TPSA) is 58.5 Å². The second-order valence-corrected chi connectivity index (χ2v) is 10.4. The summed E-state index contributed by atoms with van der Waals surface area (Å²) in [6.45, 7) is 6.15. The Kier molecular flexibility index (Phi) is 10.4. The first-order chi connectivity index (χ1) is 15.3.